The van der Waals surface area contributed by atoms with Crippen LogP contribution in [0.3, 0.4) is 0 Å². The monoisotopic (exact) mass is 145 g/mol. The van der Waals surface area contributed by atoms with E-state index < -0.39 is 8.80 Å². The molecular formula is C9H9Si. The summed E-state index contributed by atoms with van der Waals surface area (Å²) < 4.78 is 0. The van der Waals surface area contributed by atoms with Gasteiger partial charge < -0.3 is 0 Å². The Morgan fingerprint density at radius 3 is 1.20 bits per heavy atom. The van der Waals surface area contributed by atoms with E-state index in [1.54, 1.807) is 0 Å². The van der Waals surface area contributed by atoms with Crippen molar-refractivity contribution in [3.63, 3.8) is 0 Å². The molecular weight excluding hydrogens is 136 g/mol. The van der Waals surface area contributed by atoms with E-state index >= 15 is 0 Å². The van der Waals surface area contributed by atoms with Gasteiger partial charge in [-0.05, 0) is 20.8 Å². The summed E-state index contributed by atoms with van der Waals surface area (Å²) in [6.45, 7) is 5.46. The predicted octanol–water partition coefficient (Wildman–Crippen LogP) is 1.17. The van der Waals surface area contributed by atoms with E-state index in [4.69, 9.17) is 0 Å². The van der Waals surface area contributed by atoms with Gasteiger partial charge in [-0.1, -0.05) is 0 Å². The summed E-state index contributed by atoms with van der Waals surface area (Å²) in [6, 6.07) is 0. The molecule has 0 spiro atoms. The fourth-order valence-electron chi connectivity index (χ4n) is 0.469. The van der Waals surface area contributed by atoms with E-state index in [0.29, 0.717) is 0 Å². The molecule has 0 aromatic rings. The first-order valence-corrected chi connectivity index (χ1v) is 4.50. The van der Waals surface area contributed by atoms with E-state index in [1.165, 1.54) is 0 Å². The van der Waals surface area contributed by atoms with Gasteiger partial charge in [0, 0.05) is 0 Å². The van der Waals surface area contributed by atoms with Crippen molar-refractivity contribution < 1.29 is 0 Å². The minimum absolute atomic E-state index is 0.981. The Labute approximate surface area is 64.6 Å². The van der Waals surface area contributed by atoms with Gasteiger partial charge in [0.1, 0.15) is 0 Å². The van der Waals surface area contributed by atoms with Crippen molar-refractivity contribution in [2.45, 2.75) is 20.8 Å². The molecule has 0 unspecified atom stereocenters. The summed E-state index contributed by atoms with van der Waals surface area (Å²) in [7, 11) is -0.981. The Kier molecular flexibility index (Phi) is 5.36. The summed E-state index contributed by atoms with van der Waals surface area (Å²) in [5.74, 6) is 8.48. The van der Waals surface area contributed by atoms with Crippen LogP contribution in [0.25, 0.3) is 0 Å². The highest BCUT2D eigenvalue weighted by atomic mass is 28.3. The molecule has 0 aromatic heterocycles. The molecule has 0 N–H and O–H groups in total. The maximum atomic E-state index is 2.99. The average molecular weight is 145 g/mol. The fourth-order valence-corrected chi connectivity index (χ4v) is 1.41. The molecule has 0 amide bonds. The van der Waals surface area contributed by atoms with Crippen LogP contribution in [-0.2, 0) is 0 Å². The normalized spacial score (nSPS) is 6.00. The molecule has 0 bridgehead atoms. The van der Waals surface area contributed by atoms with Crippen LogP contribution in [0.4, 0.5) is 0 Å². The zero-order valence-electron chi connectivity index (χ0n) is 6.50. The van der Waals surface area contributed by atoms with Gasteiger partial charge in [-0.3, -0.25) is 0 Å². The van der Waals surface area contributed by atoms with Gasteiger partial charge in [0.15, 0.2) is 0 Å². The molecule has 0 aliphatic rings. The lowest BCUT2D eigenvalue weighted by atomic mass is 10.8. The van der Waals surface area contributed by atoms with Crippen LogP contribution in [0.1, 0.15) is 20.8 Å². The number of hydrogen-bond acceptors (Lipinski definition) is 0. The summed E-state index contributed by atoms with van der Waals surface area (Å²) in [5, 5.41) is 0. The third kappa shape index (κ3) is 3.85. The summed E-state index contributed by atoms with van der Waals surface area (Å²) in [5.41, 5.74) is 8.97. The van der Waals surface area contributed by atoms with Crippen molar-refractivity contribution in [3.8, 4) is 34.4 Å². The highest BCUT2D eigenvalue weighted by molar-refractivity contribution is 6.82. The molecule has 0 nitrogen and oxygen atoms in total. The first-order chi connectivity index (χ1) is 4.85. The van der Waals surface area contributed by atoms with E-state index in [-0.39, 0.29) is 0 Å². The van der Waals surface area contributed by atoms with E-state index in [2.05, 4.69) is 34.4 Å². The molecule has 0 aromatic carbocycles. The summed E-state index contributed by atoms with van der Waals surface area (Å²) in [6.07, 6.45) is 0. The zero-order chi connectivity index (χ0) is 7.82. The van der Waals surface area contributed by atoms with Crippen molar-refractivity contribution in [2.24, 2.45) is 0 Å². The standard InChI is InChI=1S/C9H9Si/c1-4-7-10(8-5-2)9-6-3/h1-3H3. The molecule has 49 valence electrons. The average Bonchev–Trinajstić information content (AvgIpc) is 1.90. The van der Waals surface area contributed by atoms with Crippen LogP contribution in [0.15, 0.2) is 0 Å². The molecule has 0 rings (SSSR count). The highest BCUT2D eigenvalue weighted by Gasteiger charge is 1.95. The molecule has 0 saturated heterocycles. The van der Waals surface area contributed by atoms with Crippen LogP contribution in [0, 0.1) is 34.4 Å². The van der Waals surface area contributed by atoms with Gasteiger partial charge in [-0.2, -0.15) is 0 Å². The smallest absolute Gasteiger partial charge is 0.112 e. The van der Waals surface area contributed by atoms with Gasteiger partial charge in [-0.25, -0.2) is 0 Å². The molecule has 1 radical (unpaired) electrons. The largest absolute Gasteiger partial charge is 0.317 e. The first kappa shape index (κ1) is 8.90. The van der Waals surface area contributed by atoms with Crippen molar-refractivity contribution in [2.75, 3.05) is 0 Å². The molecule has 0 saturated carbocycles. The second kappa shape index (κ2) is 6.02. The Hall–Kier alpha value is -1.10. The van der Waals surface area contributed by atoms with Gasteiger partial charge >= 0.3 is 8.80 Å². The van der Waals surface area contributed by atoms with Gasteiger partial charge in [-0.15, -0.1) is 34.4 Å². The fraction of sp³-hybridized carbons (Fsp3) is 0.333. The topological polar surface area (TPSA) is 0 Å². The second-order valence-corrected chi connectivity index (χ2v) is 3.00. The van der Waals surface area contributed by atoms with Crippen molar-refractivity contribution in [1.29, 1.82) is 0 Å². The molecule has 0 heterocycles. The van der Waals surface area contributed by atoms with Gasteiger partial charge in [0.05, 0.1) is 0 Å². The molecule has 0 aliphatic heterocycles. The van der Waals surface area contributed by atoms with Crippen LogP contribution in [-0.4, -0.2) is 8.80 Å². The molecule has 0 atom stereocenters. The molecule has 10 heavy (non-hydrogen) atoms. The van der Waals surface area contributed by atoms with Crippen molar-refractivity contribution >= 4 is 8.80 Å². The number of rotatable bonds is 0. The third-order valence-electron chi connectivity index (χ3n) is 0.750. The van der Waals surface area contributed by atoms with E-state index in [9.17, 15) is 0 Å². The number of hydrogen-bond donors (Lipinski definition) is 0. The lowest BCUT2D eigenvalue weighted by Gasteiger charge is -1.80. The Bertz CT molecular complexity index is 209. The Balaban J connectivity index is 4.26. The Morgan fingerprint density at radius 2 is 1.00 bits per heavy atom. The van der Waals surface area contributed by atoms with Gasteiger partial charge in [0.2, 0.25) is 0 Å². The molecule has 0 aliphatic carbocycles. The third-order valence-corrected chi connectivity index (χ3v) is 2.25. The lowest BCUT2D eigenvalue weighted by Crippen LogP contribution is -2.03. The highest BCUT2D eigenvalue weighted by Crippen LogP contribution is 1.73. The quantitative estimate of drug-likeness (QED) is 0.354. The SMILES string of the molecule is CC#C[Si](C#CC)C#CC. The van der Waals surface area contributed by atoms with Crippen LogP contribution < -0.4 is 0 Å². The predicted molar refractivity (Wildman–Crippen MR) is 46.1 cm³/mol. The molecule has 1 heteroatoms. The van der Waals surface area contributed by atoms with Crippen LogP contribution >= 0.6 is 0 Å². The molecule has 0 fully saturated rings. The maximum absolute atomic E-state index is 2.99. The second-order valence-electron chi connectivity index (χ2n) is 1.50. The Morgan fingerprint density at radius 1 is 0.700 bits per heavy atom. The van der Waals surface area contributed by atoms with Crippen LogP contribution in [0.2, 0.25) is 0 Å². The van der Waals surface area contributed by atoms with E-state index in [0.717, 1.165) is 0 Å². The summed E-state index contributed by atoms with van der Waals surface area (Å²) in [4.78, 5) is 0. The summed E-state index contributed by atoms with van der Waals surface area (Å²) >= 11 is 0. The van der Waals surface area contributed by atoms with E-state index in [1.807, 2.05) is 20.8 Å². The minimum Gasteiger partial charge on any atom is -0.112 e. The zero-order valence-corrected chi connectivity index (χ0v) is 7.50. The first-order valence-electron chi connectivity index (χ1n) is 3.00. The van der Waals surface area contributed by atoms with Crippen molar-refractivity contribution in [3.05, 3.63) is 0 Å². The minimum atomic E-state index is -0.981. The van der Waals surface area contributed by atoms with Gasteiger partial charge in [0.25, 0.3) is 0 Å². The van der Waals surface area contributed by atoms with Crippen molar-refractivity contribution in [1.82, 2.24) is 0 Å². The van der Waals surface area contributed by atoms with Crippen LogP contribution in [0.5, 0.6) is 0 Å². The lowest BCUT2D eigenvalue weighted by molar-refractivity contribution is 1.91. The maximum Gasteiger partial charge on any atom is 0.317 e.